The highest BCUT2D eigenvalue weighted by molar-refractivity contribution is 5.96. The maximum Gasteiger partial charge on any atom is 0.132 e. The molecule has 0 atom stereocenters. The number of hydrogen-bond acceptors (Lipinski definition) is 5. The Labute approximate surface area is 244 Å². The monoisotopic (exact) mass is 556 g/mol. The Kier molecular flexibility index (Phi) is 7.12. The van der Waals surface area contributed by atoms with Gasteiger partial charge in [0.15, 0.2) is 0 Å². The van der Waals surface area contributed by atoms with Crippen LogP contribution in [0.25, 0.3) is 27.1 Å². The molecule has 0 spiro atoms. The number of aliphatic hydroxyl groups is 2. The molecular weight excluding hydrogens is 524 g/mol. The molecule has 1 aliphatic heterocycles. The van der Waals surface area contributed by atoms with E-state index in [1.165, 1.54) is 16.7 Å². The third-order valence-electron chi connectivity index (χ3n) is 8.08. The molecule has 0 amide bonds. The maximum absolute atomic E-state index is 9.23. The Balaban J connectivity index is 1.41. The van der Waals surface area contributed by atoms with Crippen molar-refractivity contribution in [3.8, 4) is 23.0 Å². The van der Waals surface area contributed by atoms with E-state index in [1.54, 1.807) is 0 Å². The van der Waals surface area contributed by atoms with Crippen LogP contribution in [0.5, 0.6) is 23.0 Å². The Morgan fingerprint density at radius 3 is 1.79 bits per heavy atom. The van der Waals surface area contributed by atoms with Crippen molar-refractivity contribution in [3.05, 3.63) is 125 Å². The van der Waals surface area contributed by atoms with Crippen LogP contribution in [-0.4, -0.2) is 36.6 Å². The first-order valence-corrected chi connectivity index (χ1v) is 14.5. The summed E-state index contributed by atoms with van der Waals surface area (Å²) in [7, 11) is 0. The molecule has 5 heteroatoms. The van der Waals surface area contributed by atoms with Gasteiger partial charge in [0.05, 0.1) is 13.2 Å². The normalized spacial score (nSPS) is 14.3. The Morgan fingerprint density at radius 1 is 0.667 bits per heavy atom. The van der Waals surface area contributed by atoms with Crippen LogP contribution in [0, 0.1) is 0 Å². The smallest absolute Gasteiger partial charge is 0.132 e. The molecule has 0 saturated carbocycles. The molecule has 1 aliphatic carbocycles. The predicted molar refractivity (Wildman–Crippen MR) is 167 cm³/mol. The second kappa shape index (κ2) is 11.4. The van der Waals surface area contributed by atoms with Crippen LogP contribution in [-0.2, 0) is 0 Å². The minimum absolute atomic E-state index is 0.0303. The van der Waals surface area contributed by atoms with Gasteiger partial charge in [-0.05, 0) is 87.5 Å². The topological polar surface area (TPSA) is 68.2 Å². The summed E-state index contributed by atoms with van der Waals surface area (Å²) in [5, 5.41) is 22.8. The molecule has 7 rings (SSSR count). The maximum atomic E-state index is 9.23. The molecule has 0 fully saturated rings. The van der Waals surface area contributed by atoms with E-state index in [0.717, 1.165) is 68.5 Å². The molecule has 0 saturated heterocycles. The van der Waals surface area contributed by atoms with E-state index in [9.17, 15) is 10.2 Å². The Morgan fingerprint density at radius 2 is 1.26 bits per heavy atom. The Bertz CT molecular complexity index is 1740. The molecule has 0 radical (unpaired) electrons. The minimum atomic E-state index is -0.0745. The minimum Gasteiger partial charge on any atom is -0.491 e. The molecular formula is C37H32O5. The lowest BCUT2D eigenvalue weighted by molar-refractivity contribution is 0.201. The van der Waals surface area contributed by atoms with E-state index in [1.807, 2.05) is 36.4 Å². The second-order valence-electron chi connectivity index (χ2n) is 10.7. The summed E-state index contributed by atoms with van der Waals surface area (Å²) >= 11 is 0. The van der Waals surface area contributed by atoms with Crippen molar-refractivity contribution in [1.82, 2.24) is 0 Å². The second-order valence-corrected chi connectivity index (χ2v) is 10.7. The van der Waals surface area contributed by atoms with Gasteiger partial charge in [0.25, 0.3) is 0 Å². The third kappa shape index (κ3) is 4.81. The molecule has 0 aromatic heterocycles. The standard InChI is InChI=1S/C37H32O5/c38-18-20-40-29-12-14-31-27(22-29)10-16-33-36(31)35(26-8-6-25(7-9-26)24-4-2-1-3-5-24)37-32-15-13-30(41-21-19-39)23-28(32)11-17-34(37)42-33/h2,4-17,22-23,35,38-39H,1,3,18-21H2. The van der Waals surface area contributed by atoms with Crippen molar-refractivity contribution >= 4 is 27.1 Å². The van der Waals surface area contributed by atoms with E-state index < -0.39 is 0 Å². The van der Waals surface area contributed by atoms with Crippen molar-refractivity contribution in [2.24, 2.45) is 0 Å². The van der Waals surface area contributed by atoms with Crippen LogP contribution in [0.4, 0.5) is 0 Å². The van der Waals surface area contributed by atoms with Crippen molar-refractivity contribution in [2.45, 2.75) is 18.8 Å². The molecule has 1 heterocycles. The predicted octanol–water partition coefficient (Wildman–Crippen LogP) is 7.75. The lowest BCUT2D eigenvalue weighted by Crippen LogP contribution is -2.13. The lowest BCUT2D eigenvalue weighted by atomic mass is 9.78. The number of aliphatic hydroxyl groups excluding tert-OH is 2. The van der Waals surface area contributed by atoms with E-state index in [2.05, 4.69) is 66.8 Å². The summed E-state index contributed by atoms with van der Waals surface area (Å²) in [6.45, 7) is 0.446. The SMILES string of the molecule is OCCOc1ccc2c3c(ccc2c1)Oc1ccc2cc(OCCO)ccc2c1C3c1ccc(C2=CCCC=C2)cc1. The van der Waals surface area contributed by atoms with Crippen LogP contribution in [0.1, 0.15) is 41.0 Å². The molecule has 210 valence electrons. The molecule has 2 aliphatic rings. The largest absolute Gasteiger partial charge is 0.491 e. The molecule has 5 aromatic carbocycles. The third-order valence-corrected chi connectivity index (χ3v) is 8.08. The van der Waals surface area contributed by atoms with Gasteiger partial charge in [-0.1, -0.05) is 66.8 Å². The average Bonchev–Trinajstić information content (AvgIpc) is 3.05. The van der Waals surface area contributed by atoms with Crippen LogP contribution < -0.4 is 14.2 Å². The zero-order chi connectivity index (χ0) is 28.5. The highest BCUT2D eigenvalue weighted by atomic mass is 16.5. The van der Waals surface area contributed by atoms with Crippen LogP contribution >= 0.6 is 0 Å². The molecule has 0 bridgehead atoms. The molecule has 5 nitrogen and oxygen atoms in total. The number of benzene rings is 5. The van der Waals surface area contributed by atoms with Gasteiger partial charge in [-0.2, -0.15) is 0 Å². The number of ether oxygens (including phenoxy) is 3. The summed E-state index contributed by atoms with van der Waals surface area (Å²) in [6, 6.07) is 29.3. The first-order valence-electron chi connectivity index (χ1n) is 14.5. The fraction of sp³-hybridized carbons (Fsp3) is 0.189. The zero-order valence-corrected chi connectivity index (χ0v) is 23.3. The summed E-state index contributed by atoms with van der Waals surface area (Å²) in [6.07, 6.45) is 8.92. The summed E-state index contributed by atoms with van der Waals surface area (Å²) < 4.78 is 18.1. The van der Waals surface area contributed by atoms with Gasteiger partial charge >= 0.3 is 0 Å². The first kappa shape index (κ1) is 26.3. The molecule has 42 heavy (non-hydrogen) atoms. The lowest BCUT2D eigenvalue weighted by Gasteiger charge is -2.31. The van der Waals surface area contributed by atoms with Crippen molar-refractivity contribution in [2.75, 3.05) is 26.4 Å². The van der Waals surface area contributed by atoms with Crippen molar-refractivity contribution in [3.63, 3.8) is 0 Å². The van der Waals surface area contributed by atoms with E-state index in [0.29, 0.717) is 0 Å². The van der Waals surface area contributed by atoms with Gasteiger partial charge in [0.1, 0.15) is 36.2 Å². The van der Waals surface area contributed by atoms with Crippen molar-refractivity contribution < 1.29 is 24.4 Å². The quantitative estimate of drug-likeness (QED) is 0.201. The van der Waals surface area contributed by atoms with Gasteiger partial charge in [-0.15, -0.1) is 0 Å². The summed E-state index contributed by atoms with van der Waals surface area (Å²) in [5.41, 5.74) is 5.90. The van der Waals surface area contributed by atoms with E-state index in [4.69, 9.17) is 14.2 Å². The van der Waals surface area contributed by atoms with Gasteiger partial charge in [0.2, 0.25) is 0 Å². The van der Waals surface area contributed by atoms with Gasteiger partial charge < -0.3 is 24.4 Å². The first-order chi connectivity index (χ1) is 20.7. The fourth-order valence-electron chi connectivity index (χ4n) is 6.20. The zero-order valence-electron chi connectivity index (χ0n) is 23.3. The van der Waals surface area contributed by atoms with Gasteiger partial charge in [-0.3, -0.25) is 0 Å². The fourth-order valence-corrected chi connectivity index (χ4v) is 6.20. The number of hydrogen-bond donors (Lipinski definition) is 2. The van der Waals surface area contributed by atoms with Gasteiger partial charge in [0, 0.05) is 17.0 Å². The summed E-state index contributed by atoms with van der Waals surface area (Å²) in [4.78, 5) is 0. The molecule has 0 unspecified atom stereocenters. The van der Waals surface area contributed by atoms with E-state index >= 15 is 0 Å². The van der Waals surface area contributed by atoms with Crippen LogP contribution in [0.3, 0.4) is 0 Å². The highest BCUT2D eigenvalue weighted by Gasteiger charge is 2.32. The Hall–Kier alpha value is -4.58. The number of allylic oxidation sites excluding steroid dienone is 4. The van der Waals surface area contributed by atoms with Gasteiger partial charge in [-0.25, -0.2) is 0 Å². The molecule has 5 aromatic rings. The average molecular weight is 557 g/mol. The van der Waals surface area contributed by atoms with Crippen LogP contribution in [0.15, 0.2) is 103 Å². The number of fused-ring (bicyclic) bond motifs is 6. The van der Waals surface area contributed by atoms with Crippen molar-refractivity contribution in [1.29, 1.82) is 0 Å². The highest BCUT2D eigenvalue weighted by Crippen LogP contribution is 2.52. The molecule has 2 N–H and O–H groups in total. The van der Waals surface area contributed by atoms with Crippen LogP contribution in [0.2, 0.25) is 0 Å². The number of rotatable bonds is 8. The summed E-state index contributed by atoms with van der Waals surface area (Å²) in [5.74, 6) is 3.06. The van der Waals surface area contributed by atoms with E-state index in [-0.39, 0.29) is 32.3 Å².